The molecule has 0 saturated carbocycles. The Labute approximate surface area is 375 Å². The Morgan fingerprint density at radius 2 is 0.705 bits per heavy atom. The van der Waals surface area contributed by atoms with Crippen molar-refractivity contribution < 1.29 is 28.6 Å². The minimum atomic E-state index is -0.798. The molecule has 0 spiro atoms. The third-order valence-electron chi connectivity index (χ3n) is 10.4. The molecule has 0 aliphatic carbocycles. The van der Waals surface area contributed by atoms with E-state index in [2.05, 4.69) is 106 Å². The van der Waals surface area contributed by atoms with E-state index < -0.39 is 6.10 Å². The zero-order valence-corrected chi connectivity index (χ0v) is 39.7. The van der Waals surface area contributed by atoms with Gasteiger partial charge in [-0.3, -0.25) is 14.4 Å². The van der Waals surface area contributed by atoms with E-state index in [1.54, 1.807) is 0 Å². The number of hydrogen-bond acceptors (Lipinski definition) is 6. The second-order valence-corrected chi connectivity index (χ2v) is 16.4. The summed E-state index contributed by atoms with van der Waals surface area (Å²) in [5.41, 5.74) is 0. The molecule has 0 amide bonds. The Kier molecular flexibility index (Phi) is 46.5. The largest absolute Gasteiger partial charge is 0.462 e. The SMILES string of the molecule is CC/C=C\C/C=C\C/C=C\C/C=C\C/C=C\CCCCCC(=O)OCC(COC(=O)CCCCC/C=C\C=C/CCCC)OC(=O)CCCCCCCCCCCCCCC. The van der Waals surface area contributed by atoms with Crippen LogP contribution < -0.4 is 0 Å². The lowest BCUT2D eigenvalue weighted by Crippen LogP contribution is -2.30. The fourth-order valence-corrected chi connectivity index (χ4v) is 6.62. The summed E-state index contributed by atoms with van der Waals surface area (Å²) in [6.45, 7) is 6.41. The minimum absolute atomic E-state index is 0.100. The van der Waals surface area contributed by atoms with Gasteiger partial charge in [0.1, 0.15) is 13.2 Å². The van der Waals surface area contributed by atoms with Crippen LogP contribution in [0.5, 0.6) is 0 Å². The summed E-state index contributed by atoms with van der Waals surface area (Å²) in [5.74, 6) is -0.960. The second-order valence-electron chi connectivity index (χ2n) is 16.4. The van der Waals surface area contributed by atoms with Crippen molar-refractivity contribution in [2.45, 2.75) is 232 Å². The van der Waals surface area contributed by atoms with Crippen molar-refractivity contribution >= 4 is 17.9 Å². The van der Waals surface area contributed by atoms with Crippen molar-refractivity contribution in [1.29, 1.82) is 0 Å². The zero-order chi connectivity index (χ0) is 44.4. The monoisotopic (exact) mass is 849 g/mol. The number of ether oxygens (including phenoxy) is 3. The number of carbonyl (C=O) groups is 3. The predicted octanol–water partition coefficient (Wildman–Crippen LogP) is 16.4. The van der Waals surface area contributed by atoms with E-state index in [0.29, 0.717) is 19.3 Å². The van der Waals surface area contributed by atoms with E-state index >= 15 is 0 Å². The second kappa shape index (κ2) is 49.2. The Balaban J connectivity index is 4.44. The Bertz CT molecular complexity index is 1200. The number of carbonyl (C=O) groups excluding carboxylic acids is 3. The van der Waals surface area contributed by atoms with Crippen LogP contribution in [0.1, 0.15) is 226 Å². The molecule has 0 aromatic rings. The quantitative estimate of drug-likeness (QED) is 0.0200. The molecule has 0 aromatic heterocycles. The van der Waals surface area contributed by atoms with Gasteiger partial charge in [-0.25, -0.2) is 0 Å². The first-order chi connectivity index (χ1) is 30.0. The summed E-state index contributed by atoms with van der Waals surface area (Å²) in [6, 6.07) is 0. The van der Waals surface area contributed by atoms with E-state index in [1.165, 1.54) is 77.0 Å². The summed E-state index contributed by atoms with van der Waals surface area (Å²) in [7, 11) is 0. The number of esters is 3. The maximum atomic E-state index is 12.8. The molecule has 0 bridgehead atoms. The van der Waals surface area contributed by atoms with Crippen LogP contribution in [0.25, 0.3) is 0 Å². The molecule has 1 unspecified atom stereocenters. The molecule has 61 heavy (non-hydrogen) atoms. The molecule has 1 atom stereocenters. The van der Waals surface area contributed by atoms with Crippen LogP contribution in [-0.2, 0) is 28.6 Å². The lowest BCUT2D eigenvalue weighted by Gasteiger charge is -2.18. The Hall–Kier alpha value is -3.41. The lowest BCUT2D eigenvalue weighted by atomic mass is 10.0. The summed E-state index contributed by atoms with van der Waals surface area (Å²) < 4.78 is 16.7. The topological polar surface area (TPSA) is 78.9 Å². The standard InChI is InChI=1S/C55H92O6/c1-4-7-10-13-16-19-22-24-25-26-27-28-29-31-33-36-39-42-45-48-54(57)60-51-52(50-59-53(56)47-44-41-38-35-32-21-18-15-12-9-6-3)61-55(58)49-46-43-40-37-34-30-23-20-17-14-11-8-5-2/h7,10,15-16,18-19,21,24-25,27-28,31-33,52H,4-6,8-9,11-14,17,20,22-23,26,29-30,34-51H2,1-3H3/b10-7-,18-15-,19-16-,25-24-,28-27-,32-21-,33-31-. The van der Waals surface area contributed by atoms with E-state index in [4.69, 9.17) is 14.2 Å². The first-order valence-electron chi connectivity index (χ1n) is 25.1. The molecule has 0 aliphatic heterocycles. The zero-order valence-electron chi connectivity index (χ0n) is 39.7. The smallest absolute Gasteiger partial charge is 0.306 e. The van der Waals surface area contributed by atoms with Gasteiger partial charge in [0, 0.05) is 19.3 Å². The van der Waals surface area contributed by atoms with Crippen molar-refractivity contribution in [3.8, 4) is 0 Å². The molecule has 0 radical (unpaired) electrons. The molecular formula is C55H92O6. The van der Waals surface area contributed by atoms with Gasteiger partial charge in [-0.1, -0.05) is 209 Å². The fraction of sp³-hybridized carbons (Fsp3) is 0.691. The molecule has 0 aromatic carbocycles. The predicted molar refractivity (Wildman–Crippen MR) is 261 cm³/mol. The summed E-state index contributed by atoms with van der Waals surface area (Å²) in [5, 5.41) is 0. The van der Waals surface area contributed by atoms with Crippen molar-refractivity contribution in [2.24, 2.45) is 0 Å². The molecule has 6 nitrogen and oxygen atoms in total. The maximum absolute atomic E-state index is 12.8. The molecule has 0 saturated heterocycles. The van der Waals surface area contributed by atoms with Gasteiger partial charge >= 0.3 is 17.9 Å². The highest BCUT2D eigenvalue weighted by Gasteiger charge is 2.19. The maximum Gasteiger partial charge on any atom is 0.306 e. The normalized spacial score (nSPS) is 12.8. The number of allylic oxidation sites excluding steroid dienone is 14. The average Bonchev–Trinajstić information content (AvgIpc) is 3.26. The highest BCUT2D eigenvalue weighted by atomic mass is 16.6. The number of hydrogen-bond donors (Lipinski definition) is 0. The highest BCUT2D eigenvalue weighted by molar-refractivity contribution is 5.71. The van der Waals surface area contributed by atoms with Gasteiger partial charge in [-0.15, -0.1) is 0 Å². The van der Waals surface area contributed by atoms with E-state index in [1.807, 2.05) is 0 Å². The Morgan fingerprint density at radius 1 is 0.361 bits per heavy atom. The molecule has 348 valence electrons. The van der Waals surface area contributed by atoms with Gasteiger partial charge in [0.15, 0.2) is 6.10 Å². The van der Waals surface area contributed by atoms with Gasteiger partial charge in [0.05, 0.1) is 0 Å². The third kappa shape index (κ3) is 47.5. The number of rotatable bonds is 44. The van der Waals surface area contributed by atoms with Crippen LogP contribution in [0, 0.1) is 0 Å². The molecule has 0 N–H and O–H groups in total. The first kappa shape index (κ1) is 57.6. The molecule has 0 rings (SSSR count). The summed E-state index contributed by atoms with van der Waals surface area (Å²) >= 11 is 0. The van der Waals surface area contributed by atoms with E-state index in [0.717, 1.165) is 109 Å². The van der Waals surface area contributed by atoms with Crippen LogP contribution in [0.4, 0.5) is 0 Å². The van der Waals surface area contributed by atoms with Crippen LogP contribution >= 0.6 is 0 Å². The first-order valence-corrected chi connectivity index (χ1v) is 25.1. The van der Waals surface area contributed by atoms with Crippen LogP contribution in [0.15, 0.2) is 85.1 Å². The molecule has 6 heteroatoms. The van der Waals surface area contributed by atoms with Crippen molar-refractivity contribution in [3.63, 3.8) is 0 Å². The van der Waals surface area contributed by atoms with Crippen molar-refractivity contribution in [2.75, 3.05) is 13.2 Å². The summed E-state index contributed by atoms with van der Waals surface area (Å²) in [6.07, 6.45) is 62.8. The van der Waals surface area contributed by atoms with Gasteiger partial charge < -0.3 is 14.2 Å². The molecule has 0 fully saturated rings. The highest BCUT2D eigenvalue weighted by Crippen LogP contribution is 2.14. The van der Waals surface area contributed by atoms with Crippen molar-refractivity contribution in [3.05, 3.63) is 85.1 Å². The van der Waals surface area contributed by atoms with E-state index in [9.17, 15) is 14.4 Å². The van der Waals surface area contributed by atoms with Crippen LogP contribution in [0.2, 0.25) is 0 Å². The average molecular weight is 849 g/mol. The summed E-state index contributed by atoms with van der Waals surface area (Å²) in [4.78, 5) is 37.9. The molecular weight excluding hydrogens is 757 g/mol. The molecule has 0 aliphatic rings. The van der Waals surface area contributed by atoms with E-state index in [-0.39, 0.29) is 31.1 Å². The van der Waals surface area contributed by atoms with Gasteiger partial charge in [-0.2, -0.15) is 0 Å². The van der Waals surface area contributed by atoms with Gasteiger partial charge in [0.25, 0.3) is 0 Å². The van der Waals surface area contributed by atoms with Gasteiger partial charge in [0.2, 0.25) is 0 Å². The van der Waals surface area contributed by atoms with Crippen LogP contribution in [0.3, 0.4) is 0 Å². The lowest BCUT2D eigenvalue weighted by molar-refractivity contribution is -0.167. The minimum Gasteiger partial charge on any atom is -0.462 e. The van der Waals surface area contributed by atoms with Crippen molar-refractivity contribution in [1.82, 2.24) is 0 Å². The fourth-order valence-electron chi connectivity index (χ4n) is 6.62. The van der Waals surface area contributed by atoms with Gasteiger partial charge in [-0.05, 0) is 83.5 Å². The number of unbranched alkanes of at least 4 members (excludes halogenated alkanes) is 20. The van der Waals surface area contributed by atoms with Crippen LogP contribution in [-0.4, -0.2) is 37.2 Å². The molecule has 0 heterocycles. The Morgan fingerprint density at radius 3 is 1.15 bits per heavy atom. The third-order valence-corrected chi connectivity index (χ3v) is 10.4.